The van der Waals surface area contributed by atoms with Crippen molar-refractivity contribution in [2.75, 3.05) is 0 Å². The topological polar surface area (TPSA) is 107 Å². The van der Waals surface area contributed by atoms with Crippen LogP contribution >= 0.6 is 0 Å². The van der Waals surface area contributed by atoms with Gasteiger partial charge in [0.05, 0.1) is 44.0 Å². The molecule has 10 aromatic carbocycles. The fourth-order valence-electron chi connectivity index (χ4n) is 16.8. The number of pyridine rings is 5. The predicted octanol–water partition coefficient (Wildman–Crippen LogP) is 26.2. The third-order valence-corrected chi connectivity index (χ3v) is 23.0. The van der Waals surface area contributed by atoms with Gasteiger partial charge in [0.1, 0.15) is 91.1 Å². The van der Waals surface area contributed by atoms with Crippen molar-refractivity contribution >= 4 is 138 Å². The van der Waals surface area contributed by atoms with E-state index in [1.165, 1.54) is 27.9 Å². The number of hydrogen-bond acceptors (Lipinski definition) is 5. The van der Waals surface area contributed by atoms with Crippen LogP contribution in [0.5, 0.6) is 0 Å². The van der Waals surface area contributed by atoms with Gasteiger partial charge in [-0.15, -0.1) is 0 Å². The van der Waals surface area contributed by atoms with E-state index in [1.54, 1.807) is 0 Å². The molecule has 20 rings (SSSR count). The number of para-hydroxylation sites is 2. The highest BCUT2D eigenvalue weighted by Crippen LogP contribution is 2.48. The zero-order chi connectivity index (χ0) is 84.2. The van der Waals surface area contributed by atoms with Crippen LogP contribution in [0.15, 0.2) is 265 Å². The molecule has 10 heterocycles. The summed E-state index contributed by atoms with van der Waals surface area (Å²) in [6, 6.07) is 71.3. The zero-order valence-electron chi connectivity index (χ0n) is 69.6. The smallest absolute Gasteiger partial charge is 0.243 e. The number of furan rings is 5. The van der Waals surface area contributed by atoms with Crippen LogP contribution in [0.4, 0.5) is 28.4 Å². The monoisotopic (exact) mass is 1570 g/mol. The van der Waals surface area contributed by atoms with Crippen LogP contribution < -0.4 is 22.8 Å². The number of nitrogens with zero attached hydrogens (tertiary/aromatic N) is 10. The van der Waals surface area contributed by atoms with Gasteiger partial charge < -0.3 is 22.1 Å². The summed E-state index contributed by atoms with van der Waals surface area (Å²) in [5.41, 5.74) is 33.2. The second-order valence-corrected chi connectivity index (χ2v) is 30.9. The third-order valence-electron chi connectivity index (χ3n) is 23.0. The van der Waals surface area contributed by atoms with E-state index in [2.05, 4.69) is 162 Å². The normalized spacial score (nSPS) is 11.1. The highest BCUT2D eigenvalue weighted by molar-refractivity contribution is 6.18. The van der Waals surface area contributed by atoms with Crippen LogP contribution in [-0.2, 0) is 35.2 Å². The Morgan fingerprint density at radius 2 is 0.642 bits per heavy atom. The number of fused-ring (bicyclic) bond motifs is 15. The van der Waals surface area contributed by atoms with Crippen molar-refractivity contribution in [2.24, 2.45) is 35.2 Å². The summed E-state index contributed by atoms with van der Waals surface area (Å²) in [7, 11) is 10.1. The van der Waals surface area contributed by atoms with Crippen molar-refractivity contribution in [3.05, 3.63) is 356 Å². The molecule has 0 radical (unpaired) electrons. The molecule has 0 aliphatic heterocycles. The second-order valence-electron chi connectivity index (χ2n) is 30.9. The van der Waals surface area contributed by atoms with E-state index in [9.17, 15) is 0 Å². The van der Waals surface area contributed by atoms with Gasteiger partial charge in [-0.1, -0.05) is 60.7 Å². The lowest BCUT2D eigenvalue weighted by molar-refractivity contribution is -0.660. The fraction of sp³-hybridized carbons (Fsp3) is 0.143. The molecule has 0 spiro atoms. The van der Waals surface area contributed by atoms with Crippen LogP contribution in [0, 0.1) is 102 Å². The van der Waals surface area contributed by atoms with Gasteiger partial charge >= 0.3 is 0 Å². The Labute approximate surface area is 695 Å². The summed E-state index contributed by atoms with van der Waals surface area (Å²) in [6.45, 7) is 58.1. The largest absolute Gasteiger partial charge is 0.467 e. The Hall–Kier alpha value is -15.6. The van der Waals surface area contributed by atoms with Gasteiger partial charge in [-0.3, -0.25) is 0 Å². The van der Waals surface area contributed by atoms with Crippen LogP contribution in [0.2, 0.25) is 0 Å². The number of aromatic nitrogens is 5. The molecular formula is C105H85N10O5+5. The second kappa shape index (κ2) is 31.9. The van der Waals surface area contributed by atoms with Crippen molar-refractivity contribution in [1.82, 2.24) is 0 Å². The Kier molecular flexibility index (Phi) is 20.8. The zero-order valence-corrected chi connectivity index (χ0v) is 69.6. The van der Waals surface area contributed by atoms with Crippen LogP contribution in [0.25, 0.3) is 190 Å². The van der Waals surface area contributed by atoms with E-state index in [0.717, 1.165) is 188 Å². The van der Waals surface area contributed by atoms with Gasteiger partial charge in [0.25, 0.3) is 0 Å². The fourth-order valence-corrected chi connectivity index (χ4v) is 16.8. The molecule has 0 N–H and O–H groups in total. The van der Waals surface area contributed by atoms with E-state index < -0.39 is 0 Å². The minimum Gasteiger partial charge on any atom is -0.467 e. The van der Waals surface area contributed by atoms with E-state index >= 15 is 0 Å². The quantitative estimate of drug-likeness (QED) is 0.126. The van der Waals surface area contributed by atoms with E-state index in [-0.39, 0.29) is 0 Å². The maximum absolute atomic E-state index is 7.82. The molecule has 20 aromatic rings. The summed E-state index contributed by atoms with van der Waals surface area (Å²) in [5.74, 6) is 0. The molecule has 0 bridgehead atoms. The molecule has 580 valence electrons. The summed E-state index contributed by atoms with van der Waals surface area (Å²) in [5, 5.41) is 10.2. The molecule has 0 fully saturated rings. The summed E-state index contributed by atoms with van der Waals surface area (Å²) in [4.78, 5) is 18.6. The lowest BCUT2D eigenvalue weighted by Gasteiger charge is -2.08. The van der Waals surface area contributed by atoms with Crippen molar-refractivity contribution in [2.45, 2.75) is 69.2 Å². The Bertz CT molecular complexity index is 7860. The molecular weight excluding hydrogens is 1480 g/mol. The average Bonchev–Trinajstić information content (AvgIpc) is 1.58. The molecule has 0 saturated heterocycles. The van der Waals surface area contributed by atoms with E-state index in [4.69, 9.17) is 54.9 Å². The molecule has 0 atom stereocenters. The summed E-state index contributed by atoms with van der Waals surface area (Å²) < 4.78 is 40.9. The minimum atomic E-state index is 0.586. The molecule has 10 aromatic heterocycles. The average molecular weight is 1570 g/mol. The van der Waals surface area contributed by atoms with Crippen LogP contribution in [0.1, 0.15) is 55.6 Å². The van der Waals surface area contributed by atoms with Crippen LogP contribution in [0.3, 0.4) is 0 Å². The molecule has 0 unspecified atom stereocenters. The van der Waals surface area contributed by atoms with Crippen molar-refractivity contribution < 1.29 is 44.9 Å². The summed E-state index contributed by atoms with van der Waals surface area (Å²) in [6.07, 6.45) is 10.1. The van der Waals surface area contributed by atoms with Gasteiger partial charge in [0, 0.05) is 131 Å². The van der Waals surface area contributed by atoms with Crippen molar-refractivity contribution in [3.63, 3.8) is 0 Å². The first-order chi connectivity index (χ1) is 58.0. The minimum absolute atomic E-state index is 0.586. The Morgan fingerprint density at radius 3 is 1.15 bits per heavy atom. The number of aryl methyl sites for hydroxylation is 15. The lowest BCUT2D eigenvalue weighted by atomic mass is 9.98. The van der Waals surface area contributed by atoms with Gasteiger partial charge in [0.2, 0.25) is 39.8 Å². The SMILES string of the molecule is [C-]#[N+]c1c(-c2cccc[n+]2C)c(C)cc2c1oc1c(C)cccc12.[C-]#[N+]c1c(-c2cccc[n+]2C)c(C)cc2oc3c(C)cccc3c12.[C-]#[N+]c1cc(C)c2oc3cc(C)c(-c4cccc[n+]4C)cc3c2c1.[C-]#[N+]c1ccc(C)c2oc3cc(C)c(-c4cccc[n+]4C)cc3c12.[C-]#[N+]c1ccc2c(oc3cc(C)c(-c4cccc[n+]4C)cc32)c1C. The number of rotatable bonds is 5. The maximum atomic E-state index is 7.82. The van der Waals surface area contributed by atoms with E-state index in [1.807, 2.05) is 233 Å². The molecule has 120 heavy (non-hydrogen) atoms. The van der Waals surface area contributed by atoms with Crippen LogP contribution in [-0.4, -0.2) is 0 Å². The van der Waals surface area contributed by atoms with Gasteiger partial charge in [-0.05, 0) is 216 Å². The van der Waals surface area contributed by atoms with Gasteiger partial charge in [-0.25, -0.2) is 47.1 Å². The summed E-state index contributed by atoms with van der Waals surface area (Å²) >= 11 is 0. The lowest BCUT2D eigenvalue weighted by Crippen LogP contribution is -2.30. The first-order valence-corrected chi connectivity index (χ1v) is 39.4. The molecule has 15 heteroatoms. The highest BCUT2D eigenvalue weighted by Gasteiger charge is 2.28. The maximum Gasteiger partial charge on any atom is 0.243 e. The Morgan fingerprint density at radius 1 is 0.242 bits per heavy atom. The molecule has 0 aliphatic rings. The highest BCUT2D eigenvalue weighted by atomic mass is 16.3. The van der Waals surface area contributed by atoms with Crippen molar-refractivity contribution in [1.29, 1.82) is 0 Å². The van der Waals surface area contributed by atoms with Gasteiger partial charge in [0.15, 0.2) is 48.0 Å². The first-order valence-electron chi connectivity index (χ1n) is 39.4. The standard InChI is InChI=1S/5C21H17N2O/c1-13-8-7-9-15-16-12-14(2)18(17-10-5-6-11-23(17)4)19(22-3)21(16)24-20(13)15;1-13-8-7-9-15-19-17(24-21(13)15)12-14(2)18(20(19)22-3)16-10-5-6-11-23(16)4;1-13-11-20-17(12-16(13)19-7-5-6-10-23(19)4)15-8-9-18(22-3)14(2)21(15)24-20;1-13-8-9-17(22-3)20-16-12-15(18-7-5-6-10-23(18)4)14(2)11-19(16)24-21(13)20;1-13-10-20-17(12-16(13)19-7-5-6-8-23(19)4)18-11-15(22-3)9-14(2)21(18)24-20/h5*5-12H,1-2,4H3/q5*+1. The Balaban J connectivity index is 0.000000112. The molecule has 15 nitrogen and oxygen atoms in total. The predicted molar refractivity (Wildman–Crippen MR) is 480 cm³/mol. The number of benzene rings is 10. The molecule has 0 amide bonds. The first kappa shape index (κ1) is 78.3. The number of hydrogen-bond donors (Lipinski definition) is 0. The molecule has 0 saturated carbocycles. The van der Waals surface area contributed by atoms with Crippen molar-refractivity contribution in [3.8, 4) is 56.3 Å². The molecule has 0 aliphatic carbocycles. The van der Waals surface area contributed by atoms with E-state index in [0.29, 0.717) is 34.0 Å². The third kappa shape index (κ3) is 13.9. The van der Waals surface area contributed by atoms with Gasteiger partial charge in [-0.2, -0.15) is 0 Å².